The van der Waals surface area contributed by atoms with Crippen LogP contribution >= 0.6 is 0 Å². The summed E-state index contributed by atoms with van der Waals surface area (Å²) in [5.74, 6) is -2.01. The fraction of sp³-hybridized carbons (Fsp3) is 0.200. The minimum atomic E-state index is -0.793. The number of nitrogens with zero attached hydrogens (tertiary/aromatic N) is 2. The molecule has 0 radical (unpaired) electrons. The maximum absolute atomic E-state index is 13.8. The zero-order valence-corrected chi connectivity index (χ0v) is 14.1. The first-order valence-electron chi connectivity index (χ1n) is 8.02. The Morgan fingerprint density at radius 2 is 1.60 bits per heavy atom. The summed E-state index contributed by atoms with van der Waals surface area (Å²) in [6, 6.07) is 10.3. The molecule has 0 bridgehead atoms. The Balaban J connectivity index is 2.02. The molecule has 0 aromatic heterocycles. The first-order chi connectivity index (χ1) is 12.1. The molecule has 0 saturated carbocycles. The predicted octanol–water partition coefficient (Wildman–Crippen LogP) is 4.94. The Morgan fingerprint density at radius 3 is 2.16 bits per heavy atom. The van der Waals surface area contributed by atoms with Gasteiger partial charge < -0.3 is 4.74 Å². The first kappa shape index (κ1) is 18.5. The van der Waals surface area contributed by atoms with Gasteiger partial charge in [-0.3, -0.25) is 0 Å². The number of rotatable bonds is 8. The van der Waals surface area contributed by atoms with E-state index in [0.717, 1.165) is 30.5 Å². The minimum Gasteiger partial charge on any atom is -0.483 e. The number of hydrogen-bond donors (Lipinski definition) is 0. The van der Waals surface area contributed by atoms with Crippen molar-refractivity contribution in [2.45, 2.75) is 19.8 Å². The van der Waals surface area contributed by atoms with Gasteiger partial charge in [0.15, 0.2) is 17.4 Å². The Bertz CT molecular complexity index is 745. The molecule has 0 saturated heterocycles. The van der Waals surface area contributed by atoms with Gasteiger partial charge in [-0.15, -0.1) is 0 Å². The molecular weight excluding hydrogens is 322 g/mol. The van der Waals surface area contributed by atoms with Crippen molar-refractivity contribution < 1.29 is 13.5 Å². The van der Waals surface area contributed by atoms with Gasteiger partial charge in [0, 0.05) is 5.56 Å². The number of hydrogen-bond acceptors (Lipinski definition) is 3. The summed E-state index contributed by atoms with van der Waals surface area (Å²) in [5, 5.41) is 7.72. The molecule has 0 fully saturated rings. The van der Waals surface area contributed by atoms with Gasteiger partial charge in [0.05, 0.1) is 12.4 Å². The van der Waals surface area contributed by atoms with E-state index in [9.17, 15) is 8.78 Å². The van der Waals surface area contributed by atoms with E-state index >= 15 is 0 Å². The third-order valence-corrected chi connectivity index (χ3v) is 3.36. The highest BCUT2D eigenvalue weighted by atomic mass is 19.1. The van der Waals surface area contributed by atoms with Gasteiger partial charge >= 0.3 is 0 Å². The summed E-state index contributed by atoms with van der Waals surface area (Å²) in [6.07, 6.45) is 6.42. The largest absolute Gasteiger partial charge is 0.483 e. The Hall–Kier alpha value is -2.82. The lowest BCUT2D eigenvalue weighted by atomic mass is 10.1. The highest BCUT2D eigenvalue weighted by molar-refractivity contribution is 5.82. The Kier molecular flexibility index (Phi) is 7.01. The lowest BCUT2D eigenvalue weighted by Crippen LogP contribution is -2.00. The fourth-order valence-corrected chi connectivity index (χ4v) is 2.19. The van der Waals surface area contributed by atoms with Gasteiger partial charge in [-0.25, -0.2) is 8.78 Å². The van der Waals surface area contributed by atoms with Crippen molar-refractivity contribution in [1.29, 1.82) is 0 Å². The Morgan fingerprint density at radius 1 is 1.00 bits per heavy atom. The molecule has 0 atom stereocenters. The molecule has 0 aliphatic rings. The summed E-state index contributed by atoms with van der Waals surface area (Å²) >= 11 is 0. The maximum atomic E-state index is 13.8. The molecule has 5 heteroatoms. The summed E-state index contributed by atoms with van der Waals surface area (Å²) in [5.41, 5.74) is 2.44. The average molecular weight is 342 g/mol. The summed E-state index contributed by atoms with van der Waals surface area (Å²) in [4.78, 5) is 0. The second-order valence-electron chi connectivity index (χ2n) is 5.39. The van der Waals surface area contributed by atoms with Crippen LogP contribution in [-0.4, -0.2) is 19.0 Å². The number of ether oxygens (including phenoxy) is 1. The molecule has 2 rings (SSSR count). The lowest BCUT2D eigenvalue weighted by Gasteiger charge is -2.06. The van der Waals surface area contributed by atoms with Crippen molar-refractivity contribution in [3.8, 4) is 5.75 Å². The summed E-state index contributed by atoms with van der Waals surface area (Å²) < 4.78 is 32.6. The van der Waals surface area contributed by atoms with Crippen molar-refractivity contribution >= 4 is 12.4 Å². The highest BCUT2D eigenvalue weighted by Crippen LogP contribution is 2.22. The molecule has 2 aromatic rings. The number of aryl methyl sites for hydroxylation is 1. The third kappa shape index (κ3) is 5.64. The molecule has 0 N–H and O–H groups in total. The summed E-state index contributed by atoms with van der Waals surface area (Å²) in [7, 11) is 0. The SMILES string of the molecule is C=CCOc1c(F)cc(/C=N/N=C/c2ccc(CCC)cc2)cc1F. The first-order valence-corrected chi connectivity index (χ1v) is 8.02. The van der Waals surface area contributed by atoms with Crippen LogP contribution in [0.5, 0.6) is 5.75 Å². The second kappa shape index (κ2) is 9.47. The average Bonchev–Trinajstić information content (AvgIpc) is 2.60. The van der Waals surface area contributed by atoms with E-state index in [2.05, 4.69) is 23.7 Å². The van der Waals surface area contributed by atoms with Crippen LogP contribution in [0.25, 0.3) is 0 Å². The van der Waals surface area contributed by atoms with Gasteiger partial charge in [0.1, 0.15) is 6.61 Å². The normalized spacial score (nSPS) is 11.3. The maximum Gasteiger partial charge on any atom is 0.191 e. The van der Waals surface area contributed by atoms with Crippen LogP contribution < -0.4 is 4.74 Å². The molecule has 0 amide bonds. The van der Waals surface area contributed by atoms with E-state index in [1.165, 1.54) is 17.9 Å². The van der Waals surface area contributed by atoms with Crippen LogP contribution in [0.15, 0.2) is 59.3 Å². The van der Waals surface area contributed by atoms with Crippen molar-refractivity contribution in [3.63, 3.8) is 0 Å². The lowest BCUT2D eigenvalue weighted by molar-refractivity contribution is 0.321. The van der Waals surface area contributed by atoms with Gasteiger partial charge in [-0.2, -0.15) is 10.2 Å². The van der Waals surface area contributed by atoms with Crippen LogP contribution in [0, 0.1) is 11.6 Å². The molecule has 0 unspecified atom stereocenters. The van der Waals surface area contributed by atoms with Crippen LogP contribution in [-0.2, 0) is 6.42 Å². The highest BCUT2D eigenvalue weighted by Gasteiger charge is 2.11. The van der Waals surface area contributed by atoms with Crippen molar-refractivity contribution in [2.75, 3.05) is 6.61 Å². The van der Waals surface area contributed by atoms with Crippen molar-refractivity contribution in [2.24, 2.45) is 10.2 Å². The summed E-state index contributed by atoms with van der Waals surface area (Å²) in [6.45, 7) is 5.60. The monoisotopic (exact) mass is 342 g/mol. The molecule has 0 aliphatic heterocycles. The van der Waals surface area contributed by atoms with E-state index in [1.807, 2.05) is 24.3 Å². The molecule has 3 nitrogen and oxygen atoms in total. The quantitative estimate of drug-likeness (QED) is 0.380. The van der Waals surface area contributed by atoms with Crippen LogP contribution in [0.4, 0.5) is 8.78 Å². The second-order valence-corrected chi connectivity index (χ2v) is 5.39. The predicted molar refractivity (Wildman–Crippen MR) is 97.7 cm³/mol. The number of halogens is 2. The fourth-order valence-electron chi connectivity index (χ4n) is 2.19. The van der Waals surface area contributed by atoms with Crippen molar-refractivity contribution in [3.05, 3.63) is 77.4 Å². The standard InChI is InChI=1S/C20H20F2N2O/c1-3-5-15-6-8-16(9-7-15)13-23-24-14-17-11-18(21)20(19(22)12-17)25-10-4-2/h4,6-9,11-14H,2-3,5,10H2,1H3/b23-13+,24-14+. The minimum absolute atomic E-state index is 0.0304. The molecular formula is C20H20F2N2O. The van der Waals surface area contributed by atoms with E-state index in [1.54, 1.807) is 6.21 Å². The molecule has 0 heterocycles. The van der Waals surface area contributed by atoms with Crippen LogP contribution in [0.2, 0.25) is 0 Å². The molecule has 2 aromatic carbocycles. The zero-order chi connectivity index (χ0) is 18.1. The van der Waals surface area contributed by atoms with Crippen LogP contribution in [0.1, 0.15) is 30.0 Å². The van der Waals surface area contributed by atoms with Crippen LogP contribution in [0.3, 0.4) is 0 Å². The van der Waals surface area contributed by atoms with E-state index < -0.39 is 17.4 Å². The van der Waals surface area contributed by atoms with Gasteiger partial charge in [-0.05, 0) is 29.7 Å². The Labute approximate surface area is 146 Å². The third-order valence-electron chi connectivity index (χ3n) is 3.36. The molecule has 25 heavy (non-hydrogen) atoms. The molecule has 0 aliphatic carbocycles. The van der Waals surface area contributed by atoms with E-state index in [-0.39, 0.29) is 12.2 Å². The van der Waals surface area contributed by atoms with Gasteiger partial charge in [-0.1, -0.05) is 50.3 Å². The zero-order valence-electron chi connectivity index (χ0n) is 14.1. The van der Waals surface area contributed by atoms with Gasteiger partial charge in [0.25, 0.3) is 0 Å². The smallest absolute Gasteiger partial charge is 0.191 e. The molecule has 130 valence electrons. The van der Waals surface area contributed by atoms with Gasteiger partial charge in [0.2, 0.25) is 0 Å². The molecule has 0 spiro atoms. The van der Waals surface area contributed by atoms with Crippen molar-refractivity contribution in [1.82, 2.24) is 0 Å². The number of benzene rings is 2. The van der Waals surface area contributed by atoms with E-state index in [0.29, 0.717) is 0 Å². The van der Waals surface area contributed by atoms with E-state index in [4.69, 9.17) is 4.74 Å². The topological polar surface area (TPSA) is 34.0 Å².